The maximum absolute atomic E-state index is 12.0. The number of hydrogen-bond acceptors (Lipinski definition) is 2. The van der Waals surface area contributed by atoms with Gasteiger partial charge < -0.3 is 0 Å². The Kier molecular flexibility index (Phi) is 5.84. The van der Waals surface area contributed by atoms with Gasteiger partial charge in [0.05, 0.1) is 0 Å². The van der Waals surface area contributed by atoms with Crippen molar-refractivity contribution < 1.29 is 46.9 Å². The van der Waals surface area contributed by atoms with E-state index in [4.69, 9.17) is 8.42 Å². The van der Waals surface area contributed by atoms with Gasteiger partial charge in [0, 0.05) is 6.92 Å². The molecule has 0 amide bonds. The molecule has 0 aliphatic rings. The molecule has 0 rings (SSSR count). The lowest BCUT2D eigenvalue weighted by Gasteiger charge is -2.28. The average molecular weight is 300 g/mol. The average Bonchev–Trinajstić information content (AvgIpc) is 1.98. The highest BCUT2D eigenvalue weighted by Crippen LogP contribution is 2.45. The maximum atomic E-state index is 12.0. The van der Waals surface area contributed by atoms with Crippen LogP contribution in [0.15, 0.2) is 0 Å². The third-order valence-corrected chi connectivity index (χ3v) is 1.18. The highest BCUT2D eigenvalue weighted by molar-refractivity contribution is 7.81. The molecule has 0 N–H and O–H groups in total. The Balaban J connectivity index is 0. The normalized spacial score (nSPS) is 14.0. The second-order valence-electron chi connectivity index (χ2n) is 2.68. The number of halogens is 9. The van der Waals surface area contributed by atoms with Crippen molar-refractivity contribution >= 4 is 10.6 Å². The highest BCUT2D eigenvalue weighted by Gasteiger charge is 2.69. The maximum Gasteiger partial charge on any atom is 0.476 e. The molecule has 0 saturated heterocycles. The van der Waals surface area contributed by atoms with E-state index in [0.717, 1.165) is 0 Å². The predicted octanol–water partition coefficient (Wildman–Crippen LogP) is 3.05. The van der Waals surface area contributed by atoms with Crippen LogP contribution in [0.2, 0.25) is 0 Å². The van der Waals surface area contributed by atoms with Gasteiger partial charge >= 0.3 is 28.4 Å². The number of rotatable bonds is 3. The Morgan fingerprint density at radius 1 is 0.941 bits per heavy atom. The minimum Gasteiger partial charge on any atom is -0.244 e. The molecule has 2 nitrogen and oxygen atoms in total. The zero-order chi connectivity index (χ0) is 14.7. The van der Waals surface area contributed by atoms with Gasteiger partial charge in [0.25, 0.3) is 0 Å². The van der Waals surface area contributed by atoms with Crippen LogP contribution in [0.5, 0.6) is 0 Å². The molecular weight excluding hydrogens is 295 g/mol. The van der Waals surface area contributed by atoms with Crippen molar-refractivity contribution in [2.24, 2.45) is 0 Å². The molecule has 0 aliphatic heterocycles. The van der Waals surface area contributed by atoms with E-state index in [2.05, 4.69) is 0 Å². The second kappa shape index (κ2) is 5.31. The fourth-order valence-electron chi connectivity index (χ4n) is 0.405. The molecule has 0 fully saturated rings. The lowest BCUT2D eigenvalue weighted by Crippen LogP contribution is -2.53. The fraction of sp³-hybridized carbons (Fsp3) is 1.00. The summed E-state index contributed by atoms with van der Waals surface area (Å²) in [6.45, 7) is -3.21. The molecule has 0 aromatic heterocycles. The van der Waals surface area contributed by atoms with Gasteiger partial charge in [-0.15, -0.1) is 0 Å². The van der Waals surface area contributed by atoms with Crippen molar-refractivity contribution in [2.75, 3.05) is 6.67 Å². The smallest absolute Gasteiger partial charge is 0.244 e. The first-order valence-corrected chi connectivity index (χ1v) is 4.68. The first-order valence-electron chi connectivity index (χ1n) is 3.40. The van der Waals surface area contributed by atoms with Crippen molar-refractivity contribution in [3.63, 3.8) is 0 Å². The van der Waals surface area contributed by atoms with Gasteiger partial charge in [-0.3, -0.25) is 0 Å². The van der Waals surface area contributed by atoms with Crippen molar-refractivity contribution in [1.82, 2.24) is 0 Å². The summed E-state index contributed by atoms with van der Waals surface area (Å²) in [6, 6.07) is 0. The third kappa shape index (κ3) is 6.58. The van der Waals surface area contributed by atoms with E-state index in [9.17, 15) is 38.5 Å². The topological polar surface area (TPSA) is 34.1 Å². The van der Waals surface area contributed by atoms with Crippen LogP contribution < -0.4 is 0 Å². The van der Waals surface area contributed by atoms with Crippen LogP contribution in [0.1, 0.15) is 6.92 Å². The van der Waals surface area contributed by atoms with Gasteiger partial charge in [-0.1, -0.05) is 7.77 Å². The summed E-state index contributed by atoms with van der Waals surface area (Å²) >= 11 is 0. The minimum atomic E-state index is -5.67. The molecule has 0 spiro atoms. The van der Waals surface area contributed by atoms with Crippen LogP contribution >= 0.6 is 0 Å². The molecule has 12 heteroatoms. The van der Waals surface area contributed by atoms with Crippen LogP contribution in [-0.2, 0) is 10.6 Å². The summed E-state index contributed by atoms with van der Waals surface area (Å²) in [5.41, 5.74) is 0. The summed E-state index contributed by atoms with van der Waals surface area (Å²) in [5.74, 6) is -15.9. The largest absolute Gasteiger partial charge is 0.476 e. The Morgan fingerprint density at radius 2 is 1.18 bits per heavy atom. The first-order chi connectivity index (χ1) is 7.06. The van der Waals surface area contributed by atoms with Crippen LogP contribution in [-0.4, -0.2) is 32.9 Å². The molecule has 0 aromatic rings. The molecule has 0 heterocycles. The number of hydrogen-bond donors (Lipinski definition) is 0. The summed E-state index contributed by atoms with van der Waals surface area (Å²) in [5, 5.41) is 0. The molecule has 17 heavy (non-hydrogen) atoms. The molecule has 0 radical (unpaired) electrons. The van der Waals surface area contributed by atoms with Gasteiger partial charge in [0.2, 0.25) is 0 Å². The van der Waals surface area contributed by atoms with Crippen LogP contribution in [0.25, 0.3) is 0 Å². The van der Waals surface area contributed by atoms with E-state index in [1.807, 2.05) is 0 Å². The van der Waals surface area contributed by atoms with Crippen molar-refractivity contribution in [2.45, 2.75) is 24.7 Å². The van der Waals surface area contributed by atoms with Crippen molar-refractivity contribution in [1.29, 1.82) is 0 Å². The SMILES string of the molecule is CC(F)(F)C(F)(F)C(F)(F)CF.O=S(=O)(F)F. The van der Waals surface area contributed by atoms with Crippen molar-refractivity contribution in [3.05, 3.63) is 0 Å². The zero-order valence-electron chi connectivity index (χ0n) is 7.83. The Labute approximate surface area is 89.9 Å². The van der Waals surface area contributed by atoms with E-state index in [0.29, 0.717) is 0 Å². The van der Waals surface area contributed by atoms with Gasteiger partial charge in [-0.2, -0.15) is 34.8 Å². The lowest BCUT2D eigenvalue weighted by molar-refractivity contribution is -0.305. The Morgan fingerprint density at radius 3 is 1.24 bits per heavy atom. The fourth-order valence-corrected chi connectivity index (χ4v) is 0.405. The molecular formula is C5H5F9O2S. The summed E-state index contributed by atoms with van der Waals surface area (Å²) in [6.07, 6.45) is 0. The molecule has 0 aromatic carbocycles. The molecule has 0 aliphatic carbocycles. The van der Waals surface area contributed by atoms with E-state index in [1.54, 1.807) is 0 Å². The monoisotopic (exact) mass is 300 g/mol. The van der Waals surface area contributed by atoms with Gasteiger partial charge in [0.15, 0.2) is 6.67 Å². The third-order valence-electron chi connectivity index (χ3n) is 1.18. The minimum absolute atomic E-state index is 0.392. The summed E-state index contributed by atoms with van der Waals surface area (Å²) in [7, 11) is -5.67. The zero-order valence-corrected chi connectivity index (χ0v) is 8.65. The van der Waals surface area contributed by atoms with Crippen LogP contribution in [0, 0.1) is 0 Å². The Bertz CT molecular complexity index is 322. The quantitative estimate of drug-likeness (QED) is 0.593. The molecule has 0 saturated carbocycles. The number of alkyl halides is 7. The van der Waals surface area contributed by atoms with E-state index in [1.165, 1.54) is 0 Å². The lowest BCUT2D eigenvalue weighted by atomic mass is 10.1. The van der Waals surface area contributed by atoms with Gasteiger partial charge in [-0.05, 0) is 0 Å². The Hall–Kier alpha value is -0.680. The van der Waals surface area contributed by atoms with Gasteiger partial charge in [0.1, 0.15) is 0 Å². The first kappa shape index (κ1) is 18.7. The van der Waals surface area contributed by atoms with Crippen LogP contribution in [0.3, 0.4) is 0 Å². The van der Waals surface area contributed by atoms with E-state index in [-0.39, 0.29) is 0 Å². The van der Waals surface area contributed by atoms with Crippen molar-refractivity contribution in [3.8, 4) is 0 Å². The van der Waals surface area contributed by atoms with Crippen LogP contribution in [0.4, 0.5) is 38.5 Å². The predicted molar refractivity (Wildman–Crippen MR) is 37.6 cm³/mol. The summed E-state index contributed by atoms with van der Waals surface area (Å²) in [4.78, 5) is 0. The van der Waals surface area contributed by atoms with E-state index < -0.39 is 42.0 Å². The standard InChI is InChI=1S/C5H5F7.F2O2S/c1-3(7,8)5(11,12)4(9,10)2-6;1-5(2,3)4/h2H2,1H3;. The molecule has 0 atom stereocenters. The highest BCUT2D eigenvalue weighted by atomic mass is 32.3. The molecule has 0 bridgehead atoms. The molecule has 0 unspecified atom stereocenters. The van der Waals surface area contributed by atoms with Gasteiger partial charge in [-0.25, -0.2) is 4.39 Å². The second-order valence-corrected chi connectivity index (χ2v) is 3.44. The summed E-state index contributed by atoms with van der Waals surface area (Å²) < 4.78 is 119. The molecule has 106 valence electrons. The van der Waals surface area contributed by atoms with E-state index >= 15 is 0 Å².